The molecule has 0 saturated carbocycles. The number of hydrogen-bond donors (Lipinski definition) is 0. The van der Waals surface area contributed by atoms with Crippen molar-refractivity contribution in [3.8, 4) is 11.7 Å². The zero-order valence-electron chi connectivity index (χ0n) is 12.9. The standard InChI is InChI=1S/C13H12F3N7O/c1-22(2)12-17-5-4-7(19-12)23-6-18-8-9(23)20-11(13(14,15)16)21-10(8)24-3/h4-6H,1-3H3. The van der Waals surface area contributed by atoms with Gasteiger partial charge in [-0.25, -0.2) is 15.0 Å². The van der Waals surface area contributed by atoms with Crippen LogP contribution >= 0.6 is 0 Å². The summed E-state index contributed by atoms with van der Waals surface area (Å²) in [7, 11) is 4.71. The third-order valence-electron chi connectivity index (χ3n) is 3.09. The Morgan fingerprint density at radius 1 is 1.12 bits per heavy atom. The maximum atomic E-state index is 13.0. The van der Waals surface area contributed by atoms with Gasteiger partial charge in [0, 0.05) is 20.3 Å². The van der Waals surface area contributed by atoms with Gasteiger partial charge in [0.1, 0.15) is 12.1 Å². The van der Waals surface area contributed by atoms with Gasteiger partial charge in [0.2, 0.25) is 17.7 Å². The molecule has 0 atom stereocenters. The number of rotatable bonds is 3. The van der Waals surface area contributed by atoms with Crippen LogP contribution in [0.2, 0.25) is 0 Å². The molecule has 0 radical (unpaired) electrons. The zero-order valence-corrected chi connectivity index (χ0v) is 12.9. The summed E-state index contributed by atoms with van der Waals surface area (Å²) in [5.74, 6) is -0.847. The number of aromatic nitrogens is 6. The lowest BCUT2D eigenvalue weighted by molar-refractivity contribution is -0.145. The highest BCUT2D eigenvalue weighted by Crippen LogP contribution is 2.31. The molecule has 0 aliphatic carbocycles. The molecule has 3 heterocycles. The van der Waals surface area contributed by atoms with Crippen LogP contribution in [0.5, 0.6) is 5.88 Å². The largest absolute Gasteiger partial charge is 0.479 e. The predicted molar refractivity (Wildman–Crippen MR) is 78.1 cm³/mol. The van der Waals surface area contributed by atoms with Crippen molar-refractivity contribution >= 4 is 17.1 Å². The molecule has 0 fully saturated rings. The molecule has 11 heteroatoms. The Morgan fingerprint density at radius 2 is 1.88 bits per heavy atom. The van der Waals surface area contributed by atoms with Gasteiger partial charge in [0.25, 0.3) is 0 Å². The smallest absolute Gasteiger partial charge is 0.451 e. The summed E-state index contributed by atoms with van der Waals surface area (Å²) >= 11 is 0. The summed E-state index contributed by atoms with van der Waals surface area (Å²) in [5.41, 5.74) is 0.0492. The summed E-state index contributed by atoms with van der Waals surface area (Å²) in [5, 5.41) is 0. The van der Waals surface area contributed by atoms with Gasteiger partial charge in [-0.15, -0.1) is 0 Å². The van der Waals surface area contributed by atoms with E-state index in [1.54, 1.807) is 19.0 Å². The van der Waals surface area contributed by atoms with Gasteiger partial charge in [-0.3, -0.25) is 4.57 Å². The second kappa shape index (κ2) is 5.58. The fourth-order valence-corrected chi connectivity index (χ4v) is 2.00. The highest BCUT2D eigenvalue weighted by molar-refractivity contribution is 5.78. The zero-order chi connectivity index (χ0) is 17.5. The Balaban J connectivity index is 2.24. The molecule has 0 amide bonds. The van der Waals surface area contributed by atoms with Gasteiger partial charge in [-0.1, -0.05) is 0 Å². The molecule has 0 unspecified atom stereocenters. The maximum absolute atomic E-state index is 13.0. The van der Waals surface area contributed by atoms with E-state index in [2.05, 4.69) is 24.9 Å². The number of alkyl halides is 3. The molecule has 0 bridgehead atoms. The monoisotopic (exact) mass is 339 g/mol. The number of methoxy groups -OCH3 is 1. The molecule has 0 aromatic carbocycles. The maximum Gasteiger partial charge on any atom is 0.451 e. The van der Waals surface area contributed by atoms with Crippen molar-refractivity contribution < 1.29 is 17.9 Å². The fraction of sp³-hybridized carbons (Fsp3) is 0.308. The van der Waals surface area contributed by atoms with Crippen LogP contribution in [-0.2, 0) is 6.18 Å². The molecular weight excluding hydrogens is 327 g/mol. The summed E-state index contributed by atoms with van der Waals surface area (Å²) in [6, 6.07) is 1.54. The van der Waals surface area contributed by atoms with Crippen LogP contribution in [0.15, 0.2) is 18.6 Å². The number of nitrogens with zero attached hydrogens (tertiary/aromatic N) is 7. The molecule has 3 aromatic heterocycles. The van der Waals surface area contributed by atoms with Gasteiger partial charge >= 0.3 is 6.18 Å². The van der Waals surface area contributed by atoms with Crippen LogP contribution in [0.3, 0.4) is 0 Å². The van der Waals surface area contributed by atoms with Crippen molar-refractivity contribution in [2.24, 2.45) is 0 Å². The van der Waals surface area contributed by atoms with Crippen molar-refractivity contribution in [3.05, 3.63) is 24.4 Å². The van der Waals surface area contributed by atoms with E-state index in [1.807, 2.05) is 0 Å². The SMILES string of the molecule is COc1nc(C(F)(F)F)nc2c1ncn2-c1ccnc(N(C)C)n1. The lowest BCUT2D eigenvalue weighted by atomic mass is 10.4. The van der Waals surface area contributed by atoms with E-state index in [-0.39, 0.29) is 17.0 Å². The first-order valence-corrected chi connectivity index (χ1v) is 6.68. The van der Waals surface area contributed by atoms with E-state index in [0.717, 1.165) is 0 Å². The number of imidazole rings is 1. The van der Waals surface area contributed by atoms with E-state index >= 15 is 0 Å². The van der Waals surface area contributed by atoms with Crippen LogP contribution in [0.4, 0.5) is 19.1 Å². The molecule has 126 valence electrons. The molecule has 0 aliphatic rings. The first-order valence-electron chi connectivity index (χ1n) is 6.68. The number of ether oxygens (including phenoxy) is 1. The third kappa shape index (κ3) is 2.68. The Morgan fingerprint density at radius 3 is 2.50 bits per heavy atom. The van der Waals surface area contributed by atoms with Crippen molar-refractivity contribution in [1.29, 1.82) is 0 Å². The topological polar surface area (TPSA) is 81.8 Å². The highest BCUT2D eigenvalue weighted by atomic mass is 19.4. The Hall–Kier alpha value is -2.98. The molecule has 0 aliphatic heterocycles. The third-order valence-corrected chi connectivity index (χ3v) is 3.09. The number of halogens is 3. The lowest BCUT2D eigenvalue weighted by Crippen LogP contribution is -2.14. The molecule has 0 N–H and O–H groups in total. The normalized spacial score (nSPS) is 11.8. The van der Waals surface area contributed by atoms with E-state index in [0.29, 0.717) is 11.8 Å². The van der Waals surface area contributed by atoms with Gasteiger partial charge < -0.3 is 9.64 Å². The van der Waals surface area contributed by atoms with Crippen LogP contribution < -0.4 is 9.64 Å². The van der Waals surface area contributed by atoms with Crippen molar-refractivity contribution in [1.82, 2.24) is 29.5 Å². The molecule has 0 spiro atoms. The summed E-state index contributed by atoms with van der Waals surface area (Å²) in [6.45, 7) is 0. The Bertz CT molecular complexity index is 891. The van der Waals surface area contributed by atoms with Gasteiger partial charge in [0.15, 0.2) is 11.2 Å². The minimum atomic E-state index is -4.71. The van der Waals surface area contributed by atoms with Crippen LogP contribution in [0.1, 0.15) is 5.82 Å². The second-order valence-corrected chi connectivity index (χ2v) is 4.95. The van der Waals surface area contributed by atoms with E-state index in [4.69, 9.17) is 4.74 Å². The number of hydrogen-bond acceptors (Lipinski definition) is 7. The molecule has 3 aromatic rings. The molecule has 0 saturated heterocycles. The highest BCUT2D eigenvalue weighted by Gasteiger charge is 2.36. The average molecular weight is 339 g/mol. The number of fused-ring (bicyclic) bond motifs is 1. The van der Waals surface area contributed by atoms with E-state index in [1.165, 1.54) is 30.3 Å². The lowest BCUT2D eigenvalue weighted by Gasteiger charge is -2.11. The predicted octanol–water partition coefficient (Wildman–Crippen LogP) is 1.70. The van der Waals surface area contributed by atoms with Crippen molar-refractivity contribution in [3.63, 3.8) is 0 Å². The van der Waals surface area contributed by atoms with Gasteiger partial charge in [-0.05, 0) is 6.07 Å². The molecule has 3 rings (SSSR count). The van der Waals surface area contributed by atoms with Crippen molar-refractivity contribution in [2.45, 2.75) is 6.18 Å². The van der Waals surface area contributed by atoms with E-state index in [9.17, 15) is 13.2 Å². The Labute approximate surface area is 134 Å². The average Bonchev–Trinajstić information content (AvgIpc) is 2.97. The molecule has 8 nitrogen and oxygen atoms in total. The van der Waals surface area contributed by atoms with Crippen LogP contribution in [-0.4, -0.2) is 50.7 Å². The molecular formula is C13H12F3N7O. The fourth-order valence-electron chi connectivity index (χ4n) is 2.00. The first-order chi connectivity index (χ1) is 11.3. The number of anilines is 1. The van der Waals surface area contributed by atoms with Crippen LogP contribution in [0.25, 0.3) is 17.0 Å². The van der Waals surface area contributed by atoms with Gasteiger partial charge in [0.05, 0.1) is 7.11 Å². The van der Waals surface area contributed by atoms with Crippen molar-refractivity contribution in [2.75, 3.05) is 26.1 Å². The van der Waals surface area contributed by atoms with E-state index < -0.39 is 12.0 Å². The summed E-state index contributed by atoms with van der Waals surface area (Å²) in [4.78, 5) is 21.0. The van der Waals surface area contributed by atoms with Crippen LogP contribution in [0, 0.1) is 0 Å². The molecule has 24 heavy (non-hydrogen) atoms. The first kappa shape index (κ1) is 15.9. The minimum Gasteiger partial charge on any atom is -0.479 e. The Kier molecular flexibility index (Phi) is 3.70. The summed E-state index contributed by atoms with van der Waals surface area (Å²) < 4.78 is 45.2. The van der Waals surface area contributed by atoms with Gasteiger partial charge in [-0.2, -0.15) is 23.1 Å². The summed E-state index contributed by atoms with van der Waals surface area (Å²) in [6.07, 6.45) is -1.91. The second-order valence-electron chi connectivity index (χ2n) is 4.95. The quantitative estimate of drug-likeness (QED) is 0.718. The minimum absolute atomic E-state index is 0.0578.